The Kier molecular flexibility index (Phi) is 8.53. The molecular formula is C29H35NO3. The van der Waals surface area contributed by atoms with Gasteiger partial charge < -0.3 is 19.8 Å². The van der Waals surface area contributed by atoms with Crippen LogP contribution in [0.5, 0.6) is 5.75 Å². The number of phenolic OH excluding ortho intramolecular Hbond substituents is 1. The molecule has 1 heterocycles. The topological polar surface area (TPSA) is 52.9 Å². The molecule has 2 aromatic carbocycles. The van der Waals surface area contributed by atoms with Gasteiger partial charge in [-0.3, -0.25) is 0 Å². The molecule has 2 aliphatic rings. The van der Waals surface area contributed by atoms with E-state index in [1.54, 1.807) is 12.1 Å². The van der Waals surface area contributed by atoms with E-state index in [-0.39, 0.29) is 18.5 Å². The first-order valence-corrected chi connectivity index (χ1v) is 12.2. The highest BCUT2D eigenvalue weighted by atomic mass is 16.5. The zero-order valence-corrected chi connectivity index (χ0v) is 19.3. The van der Waals surface area contributed by atoms with Gasteiger partial charge in [-0.05, 0) is 85.2 Å². The van der Waals surface area contributed by atoms with Crippen molar-refractivity contribution in [2.24, 2.45) is 0 Å². The summed E-state index contributed by atoms with van der Waals surface area (Å²) in [5.41, 5.74) is 5.75. The van der Waals surface area contributed by atoms with E-state index in [0.29, 0.717) is 6.42 Å². The van der Waals surface area contributed by atoms with Crippen molar-refractivity contribution in [2.75, 3.05) is 32.8 Å². The minimum absolute atomic E-state index is 0.107. The van der Waals surface area contributed by atoms with Crippen LogP contribution in [-0.4, -0.2) is 54.1 Å². The number of phenols is 1. The zero-order valence-electron chi connectivity index (χ0n) is 19.3. The third-order valence-electron chi connectivity index (χ3n) is 6.45. The number of hydrogen-bond donors (Lipinski definition) is 2. The fourth-order valence-corrected chi connectivity index (χ4v) is 4.70. The van der Waals surface area contributed by atoms with Crippen LogP contribution in [-0.2, 0) is 4.74 Å². The molecule has 0 unspecified atom stereocenters. The molecule has 0 spiro atoms. The highest BCUT2D eigenvalue weighted by Gasteiger charge is 2.19. The molecule has 1 aliphatic carbocycles. The van der Waals surface area contributed by atoms with E-state index in [1.807, 2.05) is 18.2 Å². The first-order chi connectivity index (χ1) is 16.2. The van der Waals surface area contributed by atoms with Crippen LogP contribution < -0.4 is 0 Å². The molecule has 0 radical (unpaired) electrons. The molecule has 1 atom stereocenters. The Hall–Kier alpha value is -2.66. The largest absolute Gasteiger partial charge is 0.508 e. The molecule has 0 bridgehead atoms. The van der Waals surface area contributed by atoms with Crippen LogP contribution in [0.1, 0.15) is 43.2 Å². The molecule has 0 amide bonds. The fourth-order valence-electron chi connectivity index (χ4n) is 4.70. The van der Waals surface area contributed by atoms with Gasteiger partial charge in [0.2, 0.25) is 0 Å². The van der Waals surface area contributed by atoms with Crippen molar-refractivity contribution in [3.63, 3.8) is 0 Å². The molecule has 4 heteroatoms. The lowest BCUT2D eigenvalue weighted by molar-refractivity contribution is 0.0701. The molecule has 1 saturated heterocycles. The minimum atomic E-state index is 0.107. The first-order valence-electron chi connectivity index (χ1n) is 12.2. The van der Waals surface area contributed by atoms with Crippen LogP contribution in [0.25, 0.3) is 11.1 Å². The summed E-state index contributed by atoms with van der Waals surface area (Å²) in [6.07, 6.45) is 11.7. The highest BCUT2D eigenvalue weighted by molar-refractivity contribution is 5.99. The molecule has 0 aromatic heterocycles. The van der Waals surface area contributed by atoms with Gasteiger partial charge in [-0.2, -0.15) is 0 Å². The average molecular weight is 446 g/mol. The van der Waals surface area contributed by atoms with Crippen molar-refractivity contribution in [1.29, 1.82) is 0 Å². The maximum atomic E-state index is 9.84. The molecule has 1 aliphatic heterocycles. The molecule has 2 aromatic rings. The molecule has 2 N–H and O–H groups in total. The first kappa shape index (κ1) is 23.5. The van der Waals surface area contributed by atoms with Gasteiger partial charge in [0.25, 0.3) is 0 Å². The monoisotopic (exact) mass is 445 g/mol. The number of aromatic hydroxyl groups is 1. The third-order valence-corrected chi connectivity index (χ3v) is 6.45. The van der Waals surface area contributed by atoms with E-state index in [0.717, 1.165) is 48.3 Å². The number of benzene rings is 2. The summed E-state index contributed by atoms with van der Waals surface area (Å²) >= 11 is 0. The lowest BCUT2D eigenvalue weighted by Gasteiger charge is -2.23. The average Bonchev–Trinajstić information content (AvgIpc) is 3.37. The lowest BCUT2D eigenvalue weighted by Crippen LogP contribution is -2.26. The minimum Gasteiger partial charge on any atom is -0.508 e. The summed E-state index contributed by atoms with van der Waals surface area (Å²) in [7, 11) is 0. The Labute approximate surface area is 197 Å². The molecule has 4 rings (SSSR count). The molecule has 1 fully saturated rings. The van der Waals surface area contributed by atoms with Gasteiger partial charge in [-0.15, -0.1) is 0 Å². The highest BCUT2D eigenvalue weighted by Crippen LogP contribution is 2.37. The molecule has 4 nitrogen and oxygen atoms in total. The lowest BCUT2D eigenvalue weighted by atomic mass is 9.85. The van der Waals surface area contributed by atoms with Gasteiger partial charge in [0.05, 0.1) is 12.7 Å². The fraction of sp³-hybridized carbons (Fsp3) is 0.379. The van der Waals surface area contributed by atoms with Gasteiger partial charge in [0.1, 0.15) is 5.75 Å². The normalized spacial score (nSPS) is 19.4. The summed E-state index contributed by atoms with van der Waals surface area (Å²) in [5, 5.41) is 19.4. The number of aliphatic hydroxyl groups excluding tert-OH is 1. The van der Waals surface area contributed by atoms with Crippen molar-refractivity contribution in [3.8, 4) is 5.75 Å². The van der Waals surface area contributed by atoms with Crippen molar-refractivity contribution in [2.45, 2.75) is 38.2 Å². The zero-order chi connectivity index (χ0) is 22.9. The van der Waals surface area contributed by atoms with Crippen LogP contribution in [0.2, 0.25) is 0 Å². The molecular weight excluding hydrogens is 410 g/mol. The van der Waals surface area contributed by atoms with Crippen LogP contribution in [0.15, 0.2) is 78.4 Å². The number of rotatable bonds is 10. The quantitative estimate of drug-likeness (QED) is 0.478. The number of likely N-dealkylation sites (tertiary alicyclic amines) is 1. The summed E-state index contributed by atoms with van der Waals surface area (Å²) in [4.78, 5) is 2.48. The number of hydrogen-bond acceptors (Lipinski definition) is 4. The van der Waals surface area contributed by atoms with Crippen LogP contribution >= 0.6 is 0 Å². The summed E-state index contributed by atoms with van der Waals surface area (Å²) in [6.45, 7) is 4.33. The second kappa shape index (κ2) is 12.0. The van der Waals surface area contributed by atoms with Crippen molar-refractivity contribution in [1.82, 2.24) is 4.90 Å². The van der Waals surface area contributed by atoms with E-state index >= 15 is 0 Å². The maximum absolute atomic E-state index is 9.84. The van der Waals surface area contributed by atoms with Gasteiger partial charge in [0.15, 0.2) is 0 Å². The Morgan fingerprint density at radius 3 is 2.39 bits per heavy atom. The van der Waals surface area contributed by atoms with Gasteiger partial charge in [0, 0.05) is 13.2 Å². The number of allylic oxidation sites excluding steroid dienone is 4. The maximum Gasteiger partial charge on any atom is 0.115 e. The predicted molar refractivity (Wildman–Crippen MR) is 135 cm³/mol. The van der Waals surface area contributed by atoms with Crippen molar-refractivity contribution < 1.29 is 14.9 Å². The number of aliphatic hydroxyl groups is 1. The van der Waals surface area contributed by atoms with Crippen LogP contribution in [0.3, 0.4) is 0 Å². The van der Waals surface area contributed by atoms with Crippen molar-refractivity contribution >= 4 is 11.1 Å². The second-order valence-corrected chi connectivity index (χ2v) is 8.81. The van der Waals surface area contributed by atoms with Crippen LogP contribution in [0.4, 0.5) is 0 Å². The van der Waals surface area contributed by atoms with Gasteiger partial charge in [-0.1, -0.05) is 60.7 Å². The summed E-state index contributed by atoms with van der Waals surface area (Å²) < 4.78 is 6.15. The molecule has 33 heavy (non-hydrogen) atoms. The van der Waals surface area contributed by atoms with E-state index in [9.17, 15) is 10.2 Å². The van der Waals surface area contributed by atoms with Gasteiger partial charge in [-0.25, -0.2) is 0 Å². The Bertz CT molecular complexity index is 970. The van der Waals surface area contributed by atoms with E-state index in [4.69, 9.17) is 4.74 Å². The second-order valence-electron chi connectivity index (χ2n) is 8.81. The molecule has 0 saturated carbocycles. The van der Waals surface area contributed by atoms with E-state index in [2.05, 4.69) is 47.4 Å². The third kappa shape index (κ3) is 6.44. The smallest absolute Gasteiger partial charge is 0.115 e. The van der Waals surface area contributed by atoms with Gasteiger partial charge >= 0.3 is 0 Å². The Morgan fingerprint density at radius 1 is 0.970 bits per heavy atom. The van der Waals surface area contributed by atoms with E-state index in [1.165, 1.54) is 31.5 Å². The summed E-state index contributed by atoms with van der Waals surface area (Å²) in [6, 6.07) is 17.8. The Balaban J connectivity index is 1.58. The standard InChI is InChI=1S/C29H35NO3/c31-21-6-9-28(23-7-2-1-3-8-23)29(24-10-14-26(32)15-11-24)25-12-16-27(17-13-25)33-22-20-30-18-4-5-19-30/h1-3,7-8,10-16,27,31-32H,4-6,9,17-22H2/b29-28-/t27-/m0/s1. The van der Waals surface area contributed by atoms with Crippen LogP contribution in [0, 0.1) is 0 Å². The van der Waals surface area contributed by atoms with E-state index < -0.39 is 0 Å². The Morgan fingerprint density at radius 2 is 1.73 bits per heavy atom. The van der Waals surface area contributed by atoms with Crippen molar-refractivity contribution in [3.05, 3.63) is 89.5 Å². The summed E-state index contributed by atoms with van der Waals surface area (Å²) in [5.74, 6) is 0.259. The SMILES string of the molecule is OCCC/C(=C(/C1=CC[C@@H](OCCN2CCCC2)C=C1)c1ccc(O)cc1)c1ccccc1. The number of ether oxygens (including phenoxy) is 1. The number of nitrogens with zero attached hydrogens (tertiary/aromatic N) is 1. The predicted octanol–water partition coefficient (Wildman–Crippen LogP) is 5.44. The molecule has 174 valence electrons.